The van der Waals surface area contributed by atoms with Crippen molar-refractivity contribution in [2.45, 2.75) is 116 Å². The van der Waals surface area contributed by atoms with Crippen LogP contribution in [0.5, 0.6) is 0 Å². The number of carboxylic acid groups (broad SMARTS) is 1. The summed E-state index contributed by atoms with van der Waals surface area (Å²) in [5.74, 6) is -0.210. The van der Waals surface area contributed by atoms with Crippen molar-refractivity contribution >= 4 is 5.97 Å². The smallest absolute Gasteiger partial charge is 0.303 e. The van der Waals surface area contributed by atoms with Gasteiger partial charge in [0, 0.05) is 12.3 Å². The van der Waals surface area contributed by atoms with E-state index in [0.29, 0.717) is 12.3 Å². The highest BCUT2D eigenvalue weighted by Gasteiger charge is 2.33. The zero-order valence-corrected chi connectivity index (χ0v) is 17.8. The summed E-state index contributed by atoms with van der Waals surface area (Å²) in [5, 5.41) is 30.1. The Morgan fingerprint density at radius 1 is 1.22 bits per heavy atom. The minimum atomic E-state index is -0.719. The topological polar surface area (TPSA) is 77.8 Å². The number of carbonyl (C=O) groups is 1. The monoisotopic (exact) mass is 382 g/mol. The molecule has 3 N–H and O–H groups in total. The van der Waals surface area contributed by atoms with Crippen molar-refractivity contribution in [2.75, 3.05) is 0 Å². The summed E-state index contributed by atoms with van der Waals surface area (Å²) in [6, 6.07) is 0. The molecule has 1 aliphatic carbocycles. The van der Waals surface area contributed by atoms with Gasteiger partial charge in [-0.05, 0) is 50.9 Å². The first-order valence-corrected chi connectivity index (χ1v) is 11.1. The predicted octanol–water partition coefficient (Wildman–Crippen LogP) is 5.47. The normalized spacial score (nSPS) is 24.9. The summed E-state index contributed by atoms with van der Waals surface area (Å²) >= 11 is 0. The third kappa shape index (κ3) is 8.35. The van der Waals surface area contributed by atoms with Gasteiger partial charge in [0.2, 0.25) is 0 Å². The molecule has 1 saturated carbocycles. The number of hydrogen-bond donors (Lipinski definition) is 3. The Kier molecular flexibility index (Phi) is 11.2. The average Bonchev–Trinajstić information content (AvgIpc) is 3.00. The van der Waals surface area contributed by atoms with E-state index in [2.05, 4.69) is 26.8 Å². The van der Waals surface area contributed by atoms with Crippen molar-refractivity contribution in [1.82, 2.24) is 0 Å². The maximum absolute atomic E-state index is 11.1. The minimum absolute atomic E-state index is 0.219. The van der Waals surface area contributed by atoms with Crippen molar-refractivity contribution in [3.8, 4) is 0 Å². The Labute approximate surface area is 166 Å². The van der Waals surface area contributed by atoms with Crippen LogP contribution in [0.3, 0.4) is 0 Å². The standard InChI is InChI=1S/C23H42O4/c1-4-6-11-18(3)23(27,5-2)17-16-19-14-15-21(24)20(19)12-9-7-8-10-13-22(25)26/h16,18,20-21,24,27H,4-15,17H2,1-3H3,(H,25,26)/t18?,20-,21+,23?/m1/s1. The SMILES string of the molecule is CCCCC(C)C(O)(CC)CC=C1CC[C@H](O)[C@@H]1CCCCCCC(=O)O. The maximum atomic E-state index is 11.1. The zero-order valence-electron chi connectivity index (χ0n) is 17.8. The lowest BCUT2D eigenvalue weighted by atomic mass is 9.79. The second-order valence-corrected chi connectivity index (χ2v) is 8.54. The molecule has 158 valence electrons. The molecule has 1 rings (SSSR count). The summed E-state index contributed by atoms with van der Waals surface area (Å²) in [7, 11) is 0. The van der Waals surface area contributed by atoms with Crippen molar-refractivity contribution in [2.24, 2.45) is 11.8 Å². The van der Waals surface area contributed by atoms with E-state index in [1.165, 1.54) is 5.57 Å². The third-order valence-electron chi connectivity index (χ3n) is 6.56. The molecule has 0 saturated heterocycles. The molecule has 0 aromatic rings. The van der Waals surface area contributed by atoms with Crippen LogP contribution in [0.2, 0.25) is 0 Å². The Balaban J connectivity index is 2.53. The van der Waals surface area contributed by atoms with E-state index in [9.17, 15) is 15.0 Å². The van der Waals surface area contributed by atoms with Crippen LogP contribution in [0.15, 0.2) is 11.6 Å². The van der Waals surface area contributed by atoms with Crippen LogP contribution in [0.4, 0.5) is 0 Å². The Bertz CT molecular complexity index is 459. The number of aliphatic hydroxyl groups excluding tert-OH is 1. The highest BCUT2D eigenvalue weighted by molar-refractivity contribution is 5.66. The van der Waals surface area contributed by atoms with Gasteiger partial charge in [-0.25, -0.2) is 0 Å². The molecule has 0 aromatic heterocycles. The Hall–Kier alpha value is -0.870. The molecule has 0 amide bonds. The van der Waals surface area contributed by atoms with E-state index in [1.807, 2.05) is 0 Å². The fourth-order valence-corrected chi connectivity index (χ4v) is 4.35. The van der Waals surface area contributed by atoms with Gasteiger partial charge in [0.25, 0.3) is 0 Å². The number of unbranched alkanes of at least 4 members (excludes halogenated alkanes) is 4. The highest BCUT2D eigenvalue weighted by atomic mass is 16.4. The molecule has 1 aliphatic rings. The molecule has 1 fully saturated rings. The van der Waals surface area contributed by atoms with Crippen molar-refractivity contribution < 1.29 is 20.1 Å². The largest absolute Gasteiger partial charge is 0.481 e. The molecule has 4 atom stereocenters. The molecule has 4 nitrogen and oxygen atoms in total. The molecule has 0 aliphatic heterocycles. The van der Waals surface area contributed by atoms with Crippen LogP contribution < -0.4 is 0 Å². The Morgan fingerprint density at radius 2 is 1.93 bits per heavy atom. The van der Waals surface area contributed by atoms with E-state index in [1.54, 1.807) is 0 Å². The number of aliphatic hydroxyl groups is 2. The highest BCUT2D eigenvalue weighted by Crippen LogP contribution is 2.38. The number of hydrogen-bond acceptors (Lipinski definition) is 3. The number of rotatable bonds is 14. The van der Waals surface area contributed by atoms with Gasteiger partial charge in [-0.1, -0.05) is 64.5 Å². The molecular weight excluding hydrogens is 340 g/mol. The summed E-state index contributed by atoms with van der Waals surface area (Å²) in [6.07, 6.45) is 13.5. The van der Waals surface area contributed by atoms with Gasteiger partial charge >= 0.3 is 5.97 Å². The van der Waals surface area contributed by atoms with Crippen molar-refractivity contribution in [3.05, 3.63) is 11.6 Å². The first kappa shape index (κ1) is 24.2. The van der Waals surface area contributed by atoms with Gasteiger partial charge in [-0.15, -0.1) is 0 Å². The second kappa shape index (κ2) is 12.6. The van der Waals surface area contributed by atoms with Gasteiger partial charge in [0.05, 0.1) is 11.7 Å². The number of aliphatic carboxylic acids is 1. The van der Waals surface area contributed by atoms with E-state index in [0.717, 1.165) is 70.6 Å². The molecule has 0 heterocycles. The first-order valence-electron chi connectivity index (χ1n) is 11.1. The van der Waals surface area contributed by atoms with E-state index >= 15 is 0 Å². The first-order chi connectivity index (χ1) is 12.8. The van der Waals surface area contributed by atoms with Gasteiger partial charge < -0.3 is 15.3 Å². The minimum Gasteiger partial charge on any atom is -0.481 e. The summed E-state index contributed by atoms with van der Waals surface area (Å²) in [6.45, 7) is 6.42. The molecule has 0 radical (unpaired) electrons. The van der Waals surface area contributed by atoms with Crippen molar-refractivity contribution in [3.63, 3.8) is 0 Å². The van der Waals surface area contributed by atoms with Crippen LogP contribution in [-0.4, -0.2) is 33.0 Å². The molecule has 4 heteroatoms. The fourth-order valence-electron chi connectivity index (χ4n) is 4.35. The van der Waals surface area contributed by atoms with Gasteiger partial charge in [0.1, 0.15) is 0 Å². The molecule has 0 aromatic carbocycles. The lowest BCUT2D eigenvalue weighted by Gasteiger charge is -2.33. The van der Waals surface area contributed by atoms with E-state index in [-0.39, 0.29) is 18.4 Å². The zero-order chi connectivity index (χ0) is 20.3. The summed E-state index contributed by atoms with van der Waals surface area (Å²) in [4.78, 5) is 10.5. The molecule has 0 bridgehead atoms. The van der Waals surface area contributed by atoms with Crippen LogP contribution in [-0.2, 0) is 4.79 Å². The lowest BCUT2D eigenvalue weighted by Crippen LogP contribution is -2.35. The molecule has 2 unspecified atom stereocenters. The average molecular weight is 383 g/mol. The van der Waals surface area contributed by atoms with Crippen LogP contribution in [0.1, 0.15) is 104 Å². The third-order valence-corrected chi connectivity index (χ3v) is 6.56. The quantitative estimate of drug-likeness (QED) is 0.275. The van der Waals surface area contributed by atoms with Gasteiger partial charge in [0.15, 0.2) is 0 Å². The van der Waals surface area contributed by atoms with Crippen LogP contribution in [0, 0.1) is 11.8 Å². The fraction of sp³-hybridized carbons (Fsp3) is 0.870. The summed E-state index contributed by atoms with van der Waals surface area (Å²) < 4.78 is 0. The Morgan fingerprint density at radius 3 is 2.56 bits per heavy atom. The number of carboxylic acids is 1. The van der Waals surface area contributed by atoms with Crippen molar-refractivity contribution in [1.29, 1.82) is 0 Å². The molecular formula is C23H42O4. The van der Waals surface area contributed by atoms with E-state index in [4.69, 9.17) is 5.11 Å². The van der Waals surface area contributed by atoms with Crippen LogP contribution >= 0.6 is 0 Å². The summed E-state index contributed by atoms with van der Waals surface area (Å²) in [5.41, 5.74) is 0.680. The van der Waals surface area contributed by atoms with Crippen LogP contribution in [0.25, 0.3) is 0 Å². The van der Waals surface area contributed by atoms with Gasteiger partial charge in [-0.2, -0.15) is 0 Å². The van der Waals surface area contributed by atoms with E-state index < -0.39 is 11.6 Å². The second-order valence-electron chi connectivity index (χ2n) is 8.54. The predicted molar refractivity (Wildman–Crippen MR) is 111 cm³/mol. The molecule has 27 heavy (non-hydrogen) atoms. The van der Waals surface area contributed by atoms with Gasteiger partial charge in [-0.3, -0.25) is 4.79 Å². The lowest BCUT2D eigenvalue weighted by molar-refractivity contribution is -0.137. The maximum Gasteiger partial charge on any atom is 0.303 e. The molecule has 0 spiro atoms.